The molecule has 160 valence electrons. The monoisotopic (exact) mass is 432 g/mol. The van der Waals surface area contributed by atoms with Crippen molar-refractivity contribution in [2.45, 2.75) is 6.42 Å². The Balaban J connectivity index is 1.64. The molecule has 1 aliphatic heterocycles. The minimum absolute atomic E-state index is 0.0391. The summed E-state index contributed by atoms with van der Waals surface area (Å²) in [5, 5.41) is 0.644. The van der Waals surface area contributed by atoms with Crippen molar-refractivity contribution in [1.29, 1.82) is 0 Å². The van der Waals surface area contributed by atoms with Crippen LogP contribution in [-0.2, 0) is 11.2 Å². The summed E-state index contributed by atoms with van der Waals surface area (Å²) in [4.78, 5) is 29.1. The van der Waals surface area contributed by atoms with E-state index in [9.17, 15) is 9.59 Å². The van der Waals surface area contributed by atoms with Crippen molar-refractivity contribution in [3.8, 4) is 17.2 Å². The minimum atomic E-state index is -0.140. The van der Waals surface area contributed by atoms with Crippen LogP contribution in [0.3, 0.4) is 0 Å². The number of nitrogens with zero attached hydrogens (tertiary/aromatic N) is 2. The van der Waals surface area contributed by atoms with E-state index in [2.05, 4.69) is 0 Å². The third-order valence-electron chi connectivity index (χ3n) is 5.10. The maximum Gasteiger partial charge on any atom is 0.254 e. The molecule has 30 heavy (non-hydrogen) atoms. The van der Waals surface area contributed by atoms with Crippen molar-refractivity contribution >= 4 is 23.4 Å². The lowest BCUT2D eigenvalue weighted by Crippen LogP contribution is -2.51. The van der Waals surface area contributed by atoms with Crippen LogP contribution < -0.4 is 14.2 Å². The first-order chi connectivity index (χ1) is 14.5. The van der Waals surface area contributed by atoms with Crippen molar-refractivity contribution in [1.82, 2.24) is 9.80 Å². The topological polar surface area (TPSA) is 68.3 Å². The number of carbonyl (C=O) groups is 2. The van der Waals surface area contributed by atoms with Crippen LogP contribution in [-0.4, -0.2) is 69.1 Å². The fourth-order valence-corrected chi connectivity index (χ4v) is 3.56. The molecule has 8 heteroatoms. The number of halogens is 1. The fraction of sp³-hybridized carbons (Fsp3) is 0.364. The van der Waals surface area contributed by atoms with Gasteiger partial charge in [-0.3, -0.25) is 9.59 Å². The van der Waals surface area contributed by atoms with Crippen LogP contribution in [0.4, 0.5) is 0 Å². The predicted octanol–water partition coefficient (Wildman–Crippen LogP) is 2.89. The van der Waals surface area contributed by atoms with Crippen LogP contribution in [0, 0.1) is 0 Å². The summed E-state index contributed by atoms with van der Waals surface area (Å²) in [5.74, 6) is 1.19. The van der Waals surface area contributed by atoms with Crippen LogP contribution in [0.15, 0.2) is 36.4 Å². The number of hydrogen-bond acceptors (Lipinski definition) is 5. The zero-order chi connectivity index (χ0) is 21.7. The number of piperazine rings is 1. The Kier molecular flexibility index (Phi) is 7.05. The molecule has 1 fully saturated rings. The smallest absolute Gasteiger partial charge is 0.254 e. The molecule has 0 spiro atoms. The molecule has 3 rings (SSSR count). The number of carbonyl (C=O) groups excluding carboxylic acids is 2. The summed E-state index contributed by atoms with van der Waals surface area (Å²) in [6.07, 6.45) is 0.317. The largest absolute Gasteiger partial charge is 0.493 e. The molecule has 1 saturated heterocycles. The SMILES string of the molecule is COc1cc(C(=O)N2CCN(C(=O)Cc3ccc(Cl)cc3)CC2)cc(OC)c1OC. The average molecular weight is 433 g/mol. The summed E-state index contributed by atoms with van der Waals surface area (Å²) in [6, 6.07) is 10.5. The van der Waals surface area contributed by atoms with Crippen LogP contribution in [0.1, 0.15) is 15.9 Å². The van der Waals surface area contributed by atoms with Crippen molar-refractivity contribution in [3.63, 3.8) is 0 Å². The van der Waals surface area contributed by atoms with Crippen molar-refractivity contribution in [2.24, 2.45) is 0 Å². The first kappa shape index (κ1) is 21.8. The molecule has 2 aromatic rings. The van der Waals surface area contributed by atoms with E-state index in [-0.39, 0.29) is 11.8 Å². The van der Waals surface area contributed by atoms with Gasteiger partial charge in [0, 0.05) is 36.8 Å². The van der Waals surface area contributed by atoms with E-state index in [0.29, 0.717) is 60.4 Å². The molecule has 0 N–H and O–H groups in total. The predicted molar refractivity (Wildman–Crippen MR) is 114 cm³/mol. The molecule has 2 amide bonds. The molecule has 1 heterocycles. The van der Waals surface area contributed by atoms with Crippen molar-refractivity contribution < 1.29 is 23.8 Å². The second-order valence-electron chi connectivity index (χ2n) is 6.89. The normalized spacial score (nSPS) is 13.7. The van der Waals surface area contributed by atoms with Gasteiger partial charge in [0.1, 0.15) is 0 Å². The third kappa shape index (κ3) is 4.79. The average Bonchev–Trinajstić information content (AvgIpc) is 2.79. The van der Waals surface area contributed by atoms with Crippen molar-refractivity contribution in [2.75, 3.05) is 47.5 Å². The number of methoxy groups -OCH3 is 3. The number of ether oxygens (including phenoxy) is 3. The second-order valence-corrected chi connectivity index (χ2v) is 7.33. The molecule has 0 bridgehead atoms. The van der Waals surface area contributed by atoms with Gasteiger partial charge in [0.25, 0.3) is 5.91 Å². The fourth-order valence-electron chi connectivity index (χ4n) is 3.43. The van der Waals surface area contributed by atoms with E-state index < -0.39 is 0 Å². The number of rotatable bonds is 6. The summed E-state index contributed by atoms with van der Waals surface area (Å²) in [6.45, 7) is 1.90. The van der Waals surface area contributed by atoms with Gasteiger partial charge in [0.2, 0.25) is 11.7 Å². The highest BCUT2D eigenvalue weighted by atomic mass is 35.5. The first-order valence-corrected chi connectivity index (χ1v) is 9.96. The first-order valence-electron chi connectivity index (χ1n) is 9.58. The summed E-state index contributed by atoms with van der Waals surface area (Å²) in [7, 11) is 4.54. The number of amides is 2. The summed E-state index contributed by atoms with van der Waals surface area (Å²) in [5.41, 5.74) is 1.37. The van der Waals surface area contributed by atoms with Crippen LogP contribution >= 0.6 is 11.6 Å². The summed E-state index contributed by atoms with van der Waals surface area (Å²) < 4.78 is 16.0. The van der Waals surface area contributed by atoms with E-state index in [1.165, 1.54) is 21.3 Å². The number of hydrogen-bond donors (Lipinski definition) is 0. The lowest BCUT2D eigenvalue weighted by Gasteiger charge is -2.35. The van der Waals surface area contributed by atoms with Gasteiger partial charge in [-0.2, -0.15) is 0 Å². The molecular weight excluding hydrogens is 408 g/mol. The van der Waals surface area contributed by atoms with E-state index in [1.54, 1.807) is 34.1 Å². The molecule has 2 aromatic carbocycles. The van der Waals surface area contributed by atoms with Crippen LogP contribution in [0.2, 0.25) is 5.02 Å². The van der Waals surface area contributed by atoms with Crippen LogP contribution in [0.5, 0.6) is 17.2 Å². The zero-order valence-electron chi connectivity index (χ0n) is 17.3. The standard InChI is InChI=1S/C22H25ClN2O5/c1-28-18-13-16(14-19(29-2)21(18)30-3)22(27)25-10-8-24(9-11-25)20(26)12-15-4-6-17(23)7-5-15/h4-7,13-14H,8-12H2,1-3H3. The molecule has 0 saturated carbocycles. The number of benzene rings is 2. The Morgan fingerprint density at radius 2 is 1.40 bits per heavy atom. The Labute approximate surface area is 181 Å². The lowest BCUT2D eigenvalue weighted by atomic mass is 10.1. The van der Waals surface area contributed by atoms with Gasteiger partial charge < -0.3 is 24.0 Å². The van der Waals surface area contributed by atoms with Crippen molar-refractivity contribution in [3.05, 3.63) is 52.5 Å². The Hall–Kier alpha value is -2.93. The molecule has 7 nitrogen and oxygen atoms in total. The highest BCUT2D eigenvalue weighted by Crippen LogP contribution is 2.38. The van der Waals surface area contributed by atoms with Gasteiger partial charge in [0.15, 0.2) is 11.5 Å². The lowest BCUT2D eigenvalue weighted by molar-refractivity contribution is -0.131. The molecule has 1 aliphatic rings. The minimum Gasteiger partial charge on any atom is -0.493 e. The van der Waals surface area contributed by atoms with Gasteiger partial charge >= 0.3 is 0 Å². The highest BCUT2D eigenvalue weighted by molar-refractivity contribution is 6.30. The molecule has 0 radical (unpaired) electrons. The molecule has 0 aliphatic carbocycles. The summed E-state index contributed by atoms with van der Waals surface area (Å²) >= 11 is 5.89. The Morgan fingerprint density at radius 1 is 0.867 bits per heavy atom. The van der Waals surface area contributed by atoms with Gasteiger partial charge in [-0.15, -0.1) is 0 Å². The van der Waals surface area contributed by atoms with E-state index in [0.717, 1.165) is 5.56 Å². The second kappa shape index (κ2) is 9.71. The quantitative estimate of drug-likeness (QED) is 0.702. The van der Waals surface area contributed by atoms with Gasteiger partial charge in [-0.1, -0.05) is 23.7 Å². The van der Waals surface area contributed by atoms with Gasteiger partial charge in [0.05, 0.1) is 27.8 Å². The molecule has 0 aromatic heterocycles. The zero-order valence-corrected chi connectivity index (χ0v) is 18.1. The van der Waals surface area contributed by atoms with E-state index in [4.69, 9.17) is 25.8 Å². The van der Waals surface area contributed by atoms with Crippen LogP contribution in [0.25, 0.3) is 0 Å². The molecule has 0 atom stereocenters. The maximum atomic E-state index is 13.0. The van der Waals surface area contributed by atoms with E-state index in [1.807, 2.05) is 12.1 Å². The third-order valence-corrected chi connectivity index (χ3v) is 5.35. The highest BCUT2D eigenvalue weighted by Gasteiger charge is 2.26. The maximum absolute atomic E-state index is 13.0. The van der Waals surface area contributed by atoms with Gasteiger partial charge in [-0.25, -0.2) is 0 Å². The van der Waals surface area contributed by atoms with E-state index >= 15 is 0 Å². The molecule has 0 unspecified atom stereocenters. The van der Waals surface area contributed by atoms with Gasteiger partial charge in [-0.05, 0) is 29.8 Å². The molecular formula is C22H25ClN2O5. The Bertz CT molecular complexity index is 883. The Morgan fingerprint density at radius 3 is 1.90 bits per heavy atom.